The first-order valence-electron chi connectivity index (χ1n) is 5.54. The second kappa shape index (κ2) is 4.94. The molecule has 0 radical (unpaired) electrons. The van der Waals surface area contributed by atoms with Crippen LogP contribution in [0.5, 0.6) is 0 Å². The van der Waals surface area contributed by atoms with Gasteiger partial charge >= 0.3 is 0 Å². The van der Waals surface area contributed by atoms with Crippen LogP contribution in [0.25, 0.3) is 0 Å². The molecule has 0 fully saturated rings. The van der Waals surface area contributed by atoms with Crippen molar-refractivity contribution in [3.05, 3.63) is 66.1 Å². The highest BCUT2D eigenvalue weighted by molar-refractivity contribution is 9.10. The van der Waals surface area contributed by atoms with Gasteiger partial charge in [-0.25, -0.2) is 4.68 Å². The molecule has 0 atom stereocenters. The Bertz CT molecular complexity index is 701. The summed E-state index contributed by atoms with van der Waals surface area (Å²) >= 11 is 3.38. The summed E-state index contributed by atoms with van der Waals surface area (Å²) in [6.07, 6.45) is 0. The summed E-state index contributed by atoms with van der Waals surface area (Å²) in [7, 11) is 0. The number of H-pyrrole nitrogens is 1. The number of aromatic nitrogens is 2. The Hall–Kier alpha value is -1.62. The lowest BCUT2D eigenvalue weighted by molar-refractivity contribution is 0.618. The Labute approximate surface area is 112 Å². The average molecular weight is 309 g/mol. The summed E-state index contributed by atoms with van der Waals surface area (Å²) in [6.45, 7) is 3.68. The van der Waals surface area contributed by atoms with Crippen LogP contribution in [0.2, 0.25) is 0 Å². The SMILES string of the molecule is Cc1c(C)c(=O)n(Cc2cccc(Br)c2)[nH]c1=O. The molecule has 0 saturated heterocycles. The zero-order valence-electron chi connectivity index (χ0n) is 10.2. The molecule has 2 aromatic rings. The molecule has 0 aliphatic heterocycles. The molecular formula is C13H13BrN2O2. The van der Waals surface area contributed by atoms with E-state index in [1.54, 1.807) is 13.8 Å². The van der Waals surface area contributed by atoms with Crippen molar-refractivity contribution < 1.29 is 0 Å². The second-order valence-electron chi connectivity index (χ2n) is 4.21. The molecular weight excluding hydrogens is 296 g/mol. The van der Waals surface area contributed by atoms with Gasteiger partial charge < -0.3 is 0 Å². The van der Waals surface area contributed by atoms with Crippen LogP contribution in [0.4, 0.5) is 0 Å². The molecule has 18 heavy (non-hydrogen) atoms. The van der Waals surface area contributed by atoms with E-state index in [1.165, 1.54) is 4.68 Å². The molecule has 0 unspecified atom stereocenters. The zero-order valence-corrected chi connectivity index (χ0v) is 11.7. The van der Waals surface area contributed by atoms with Crippen molar-refractivity contribution in [1.82, 2.24) is 9.78 Å². The lowest BCUT2D eigenvalue weighted by atomic mass is 10.2. The molecule has 1 heterocycles. The van der Waals surface area contributed by atoms with E-state index in [2.05, 4.69) is 21.0 Å². The maximum atomic E-state index is 12.0. The van der Waals surface area contributed by atoms with E-state index < -0.39 is 0 Å². The van der Waals surface area contributed by atoms with Gasteiger partial charge in [-0.05, 0) is 31.5 Å². The van der Waals surface area contributed by atoms with E-state index in [4.69, 9.17) is 0 Å². The maximum absolute atomic E-state index is 12.0. The van der Waals surface area contributed by atoms with Crippen molar-refractivity contribution >= 4 is 15.9 Å². The highest BCUT2D eigenvalue weighted by atomic mass is 79.9. The van der Waals surface area contributed by atoms with Crippen molar-refractivity contribution in [3.63, 3.8) is 0 Å². The Morgan fingerprint density at radius 3 is 2.61 bits per heavy atom. The van der Waals surface area contributed by atoms with Crippen LogP contribution in [0, 0.1) is 13.8 Å². The lowest BCUT2D eigenvalue weighted by Crippen LogP contribution is -2.33. The average Bonchev–Trinajstić information content (AvgIpc) is 2.33. The number of halogens is 1. The highest BCUT2D eigenvalue weighted by Crippen LogP contribution is 2.11. The Kier molecular flexibility index (Phi) is 3.52. The number of hydrogen-bond donors (Lipinski definition) is 1. The molecule has 0 saturated carbocycles. The fraction of sp³-hybridized carbons (Fsp3) is 0.231. The van der Waals surface area contributed by atoms with Crippen LogP contribution >= 0.6 is 15.9 Å². The summed E-state index contributed by atoms with van der Waals surface area (Å²) in [5.41, 5.74) is 1.54. The maximum Gasteiger partial charge on any atom is 0.268 e. The van der Waals surface area contributed by atoms with Crippen LogP contribution in [0.1, 0.15) is 16.7 Å². The van der Waals surface area contributed by atoms with Crippen molar-refractivity contribution in [2.24, 2.45) is 0 Å². The number of rotatable bonds is 2. The first-order valence-corrected chi connectivity index (χ1v) is 6.33. The van der Waals surface area contributed by atoms with Gasteiger partial charge in [-0.2, -0.15) is 0 Å². The van der Waals surface area contributed by atoms with E-state index in [9.17, 15) is 9.59 Å². The van der Waals surface area contributed by atoms with Gasteiger partial charge in [-0.3, -0.25) is 14.7 Å². The normalized spacial score (nSPS) is 10.6. The second-order valence-corrected chi connectivity index (χ2v) is 5.13. The van der Waals surface area contributed by atoms with E-state index in [1.807, 2.05) is 24.3 Å². The van der Waals surface area contributed by atoms with Gasteiger partial charge in [0.1, 0.15) is 0 Å². The Morgan fingerprint density at radius 2 is 1.94 bits per heavy atom. The van der Waals surface area contributed by atoms with Crippen LogP contribution in [-0.2, 0) is 6.54 Å². The van der Waals surface area contributed by atoms with E-state index in [-0.39, 0.29) is 11.1 Å². The molecule has 1 N–H and O–H groups in total. The third-order valence-corrected chi connectivity index (χ3v) is 3.43. The summed E-state index contributed by atoms with van der Waals surface area (Å²) in [6, 6.07) is 7.63. The monoisotopic (exact) mass is 308 g/mol. The quantitative estimate of drug-likeness (QED) is 0.922. The highest BCUT2D eigenvalue weighted by Gasteiger charge is 2.07. The molecule has 0 amide bonds. The molecule has 94 valence electrons. The number of benzene rings is 1. The summed E-state index contributed by atoms with van der Waals surface area (Å²) in [4.78, 5) is 23.7. The number of nitrogens with zero attached hydrogens (tertiary/aromatic N) is 1. The topological polar surface area (TPSA) is 54.9 Å². The minimum absolute atomic E-state index is 0.160. The predicted octanol–water partition coefficient (Wildman–Crippen LogP) is 1.96. The molecule has 5 heteroatoms. The first kappa shape index (κ1) is 12.8. The van der Waals surface area contributed by atoms with Crippen LogP contribution in [0.3, 0.4) is 0 Å². The number of nitrogens with one attached hydrogen (secondary N) is 1. The third-order valence-electron chi connectivity index (χ3n) is 2.94. The van der Waals surface area contributed by atoms with Crippen molar-refractivity contribution in [2.45, 2.75) is 20.4 Å². The van der Waals surface area contributed by atoms with Gasteiger partial charge in [-0.1, -0.05) is 28.1 Å². The largest absolute Gasteiger partial charge is 0.268 e. The van der Waals surface area contributed by atoms with Gasteiger partial charge in [0.15, 0.2) is 0 Å². The van der Waals surface area contributed by atoms with Crippen molar-refractivity contribution in [2.75, 3.05) is 0 Å². The van der Waals surface area contributed by atoms with E-state index in [0.29, 0.717) is 17.7 Å². The molecule has 0 aliphatic carbocycles. The fourth-order valence-electron chi connectivity index (χ4n) is 1.72. The standard InChI is InChI=1S/C13H13BrN2O2/c1-8-9(2)13(18)16(15-12(8)17)7-10-4-3-5-11(14)6-10/h3-6H,7H2,1-2H3,(H,15,17). The van der Waals surface area contributed by atoms with Gasteiger partial charge in [0.25, 0.3) is 11.1 Å². The van der Waals surface area contributed by atoms with Crippen molar-refractivity contribution in [1.29, 1.82) is 0 Å². The summed E-state index contributed by atoms with van der Waals surface area (Å²) < 4.78 is 2.28. The minimum Gasteiger partial charge on any atom is -0.268 e. The van der Waals surface area contributed by atoms with Crippen LogP contribution < -0.4 is 11.1 Å². The first-order chi connectivity index (χ1) is 8.49. The molecule has 1 aromatic heterocycles. The molecule has 1 aromatic carbocycles. The molecule has 0 aliphatic rings. The molecule has 0 bridgehead atoms. The zero-order chi connectivity index (χ0) is 13.3. The Morgan fingerprint density at radius 1 is 1.22 bits per heavy atom. The van der Waals surface area contributed by atoms with E-state index >= 15 is 0 Å². The number of aromatic amines is 1. The molecule has 0 spiro atoms. The van der Waals surface area contributed by atoms with E-state index in [0.717, 1.165) is 10.0 Å². The van der Waals surface area contributed by atoms with Gasteiger partial charge in [0.05, 0.1) is 6.54 Å². The number of hydrogen-bond acceptors (Lipinski definition) is 2. The van der Waals surface area contributed by atoms with Crippen LogP contribution in [0.15, 0.2) is 38.3 Å². The summed E-state index contributed by atoms with van der Waals surface area (Å²) in [5, 5.41) is 2.59. The molecule has 2 rings (SSSR count). The van der Waals surface area contributed by atoms with Crippen molar-refractivity contribution in [3.8, 4) is 0 Å². The van der Waals surface area contributed by atoms with Crippen LogP contribution in [-0.4, -0.2) is 9.78 Å². The smallest absolute Gasteiger partial charge is 0.268 e. The Balaban J connectivity index is 2.48. The fourth-order valence-corrected chi connectivity index (χ4v) is 2.17. The minimum atomic E-state index is -0.220. The summed E-state index contributed by atoms with van der Waals surface area (Å²) in [5.74, 6) is 0. The lowest BCUT2D eigenvalue weighted by Gasteiger charge is -2.08. The third kappa shape index (κ3) is 2.46. The predicted molar refractivity (Wildman–Crippen MR) is 74.0 cm³/mol. The van der Waals surface area contributed by atoms with Gasteiger partial charge in [-0.15, -0.1) is 0 Å². The van der Waals surface area contributed by atoms with Gasteiger partial charge in [0.2, 0.25) is 0 Å². The molecule has 4 nitrogen and oxygen atoms in total. The van der Waals surface area contributed by atoms with Gasteiger partial charge in [0, 0.05) is 15.6 Å².